The SMILES string of the molecule is CC(C)(C)S(=O)CCCC(=O)Nc1cc(N)ccc1F. The Balaban J connectivity index is 2.45. The number of nitrogens with two attached hydrogens (primary N) is 1. The minimum absolute atomic E-state index is 0.0759. The van der Waals surface area contributed by atoms with Crippen molar-refractivity contribution in [3.8, 4) is 0 Å². The number of benzene rings is 1. The van der Waals surface area contributed by atoms with Crippen LogP contribution in [0.4, 0.5) is 15.8 Å². The van der Waals surface area contributed by atoms with Gasteiger partial charge >= 0.3 is 0 Å². The average molecular weight is 300 g/mol. The van der Waals surface area contributed by atoms with E-state index >= 15 is 0 Å². The normalized spacial score (nSPS) is 13.0. The summed E-state index contributed by atoms with van der Waals surface area (Å²) in [5.41, 5.74) is 5.99. The molecular weight excluding hydrogens is 279 g/mol. The molecule has 0 fully saturated rings. The third-order valence-electron chi connectivity index (χ3n) is 2.68. The molecule has 0 spiro atoms. The topological polar surface area (TPSA) is 72.2 Å². The van der Waals surface area contributed by atoms with E-state index in [1.54, 1.807) is 0 Å². The zero-order chi connectivity index (χ0) is 15.3. The lowest BCUT2D eigenvalue weighted by Crippen LogP contribution is -2.24. The third kappa shape index (κ3) is 5.28. The molecule has 0 aliphatic rings. The number of rotatable bonds is 5. The van der Waals surface area contributed by atoms with Gasteiger partial charge in [0.2, 0.25) is 5.91 Å². The largest absolute Gasteiger partial charge is 0.399 e. The van der Waals surface area contributed by atoms with Crippen molar-refractivity contribution in [2.45, 2.75) is 38.4 Å². The van der Waals surface area contributed by atoms with E-state index in [2.05, 4.69) is 5.32 Å². The average Bonchev–Trinajstić information content (AvgIpc) is 2.32. The van der Waals surface area contributed by atoms with Crippen molar-refractivity contribution < 1.29 is 13.4 Å². The Morgan fingerprint density at radius 1 is 1.40 bits per heavy atom. The van der Waals surface area contributed by atoms with Crippen LogP contribution in [0.25, 0.3) is 0 Å². The van der Waals surface area contributed by atoms with E-state index in [1.165, 1.54) is 18.2 Å². The van der Waals surface area contributed by atoms with Gasteiger partial charge in [-0.05, 0) is 45.4 Å². The summed E-state index contributed by atoms with van der Waals surface area (Å²) in [6.07, 6.45) is 0.704. The number of amides is 1. The van der Waals surface area contributed by atoms with E-state index in [4.69, 9.17) is 5.73 Å². The van der Waals surface area contributed by atoms with Crippen LogP contribution in [0.5, 0.6) is 0 Å². The summed E-state index contributed by atoms with van der Waals surface area (Å²) in [6.45, 7) is 5.68. The maximum atomic E-state index is 13.4. The Hall–Kier alpha value is -1.43. The van der Waals surface area contributed by atoms with Crippen molar-refractivity contribution in [1.82, 2.24) is 0 Å². The van der Waals surface area contributed by atoms with E-state index in [9.17, 15) is 13.4 Å². The highest BCUT2D eigenvalue weighted by Gasteiger charge is 2.19. The highest BCUT2D eigenvalue weighted by molar-refractivity contribution is 7.86. The molecule has 0 aliphatic heterocycles. The van der Waals surface area contributed by atoms with Gasteiger partial charge in [-0.2, -0.15) is 0 Å². The van der Waals surface area contributed by atoms with Crippen LogP contribution in [0.3, 0.4) is 0 Å². The third-order valence-corrected chi connectivity index (χ3v) is 4.71. The molecule has 0 saturated heterocycles. The molecule has 0 radical (unpaired) electrons. The van der Waals surface area contributed by atoms with Crippen LogP contribution >= 0.6 is 0 Å². The number of halogens is 1. The number of carbonyl (C=O) groups excluding carboxylic acids is 1. The maximum Gasteiger partial charge on any atom is 0.224 e. The van der Waals surface area contributed by atoms with Gasteiger partial charge in [-0.3, -0.25) is 9.00 Å². The predicted molar refractivity (Wildman–Crippen MR) is 81.4 cm³/mol. The second kappa shape index (κ2) is 6.83. The fraction of sp³-hybridized carbons (Fsp3) is 0.500. The second-order valence-corrected chi connectivity index (χ2v) is 7.88. The van der Waals surface area contributed by atoms with E-state index in [1.807, 2.05) is 20.8 Å². The summed E-state index contributed by atoms with van der Waals surface area (Å²) in [4.78, 5) is 11.7. The summed E-state index contributed by atoms with van der Waals surface area (Å²) in [5.74, 6) is -0.373. The first-order valence-corrected chi connectivity index (χ1v) is 7.75. The first kappa shape index (κ1) is 16.6. The monoisotopic (exact) mass is 300 g/mol. The van der Waals surface area contributed by atoms with Gasteiger partial charge in [-0.1, -0.05) is 0 Å². The maximum absolute atomic E-state index is 13.4. The summed E-state index contributed by atoms with van der Waals surface area (Å²) in [7, 11) is -0.982. The van der Waals surface area contributed by atoms with Gasteiger partial charge in [0.05, 0.1) is 5.69 Å². The van der Waals surface area contributed by atoms with Crippen LogP contribution in [0.1, 0.15) is 33.6 Å². The van der Waals surface area contributed by atoms with Gasteiger partial charge in [0.15, 0.2) is 0 Å². The molecule has 1 unspecified atom stereocenters. The van der Waals surface area contributed by atoms with Crippen molar-refractivity contribution in [2.75, 3.05) is 16.8 Å². The van der Waals surface area contributed by atoms with Crippen LogP contribution in [-0.4, -0.2) is 20.6 Å². The fourth-order valence-corrected chi connectivity index (χ4v) is 2.54. The molecule has 1 atom stereocenters. The lowest BCUT2D eigenvalue weighted by atomic mass is 10.2. The molecule has 0 aliphatic carbocycles. The standard InChI is InChI=1S/C14H21FN2O2S/c1-14(2,3)20(19)8-4-5-13(18)17-12-9-10(16)6-7-11(12)15/h6-7,9H,4-5,8,16H2,1-3H3,(H,17,18). The zero-order valence-electron chi connectivity index (χ0n) is 12.0. The van der Waals surface area contributed by atoms with Gasteiger partial charge in [0.1, 0.15) is 5.82 Å². The minimum atomic E-state index is -0.982. The molecule has 1 rings (SSSR count). The molecule has 4 nitrogen and oxygen atoms in total. The first-order chi connectivity index (χ1) is 9.20. The molecule has 0 heterocycles. The van der Waals surface area contributed by atoms with Gasteiger partial charge in [-0.15, -0.1) is 0 Å². The second-order valence-electron chi connectivity index (χ2n) is 5.55. The van der Waals surface area contributed by atoms with Crippen molar-refractivity contribution in [2.24, 2.45) is 0 Å². The number of hydrogen-bond acceptors (Lipinski definition) is 3. The van der Waals surface area contributed by atoms with Crippen LogP contribution < -0.4 is 11.1 Å². The van der Waals surface area contributed by atoms with Crippen LogP contribution in [0, 0.1) is 5.82 Å². The predicted octanol–water partition coefficient (Wildman–Crippen LogP) is 2.67. The van der Waals surface area contributed by atoms with Crippen LogP contribution in [0.2, 0.25) is 0 Å². The number of nitrogens with one attached hydrogen (secondary N) is 1. The van der Waals surface area contributed by atoms with E-state index in [0.717, 1.165) is 0 Å². The molecular formula is C14H21FN2O2S. The summed E-state index contributed by atoms with van der Waals surface area (Å²) in [5, 5.41) is 2.47. The van der Waals surface area contributed by atoms with E-state index in [0.29, 0.717) is 17.9 Å². The summed E-state index contributed by atoms with van der Waals surface area (Å²) in [6, 6.07) is 4.01. The van der Waals surface area contributed by atoms with Gasteiger partial charge in [0, 0.05) is 33.4 Å². The first-order valence-electron chi connectivity index (χ1n) is 6.43. The molecule has 1 amide bonds. The smallest absolute Gasteiger partial charge is 0.224 e. The van der Waals surface area contributed by atoms with Crippen molar-refractivity contribution in [3.05, 3.63) is 24.0 Å². The fourth-order valence-electron chi connectivity index (χ4n) is 1.52. The molecule has 6 heteroatoms. The Morgan fingerprint density at radius 3 is 2.65 bits per heavy atom. The van der Waals surface area contributed by atoms with Crippen LogP contribution in [0.15, 0.2) is 18.2 Å². The molecule has 112 valence electrons. The van der Waals surface area contributed by atoms with Crippen molar-refractivity contribution in [1.29, 1.82) is 0 Å². The summed E-state index contributed by atoms with van der Waals surface area (Å²) >= 11 is 0. The van der Waals surface area contributed by atoms with Crippen LogP contribution in [-0.2, 0) is 15.6 Å². The van der Waals surface area contributed by atoms with Gasteiger partial charge in [0.25, 0.3) is 0 Å². The summed E-state index contributed by atoms with van der Waals surface area (Å²) < 4.78 is 24.9. The highest BCUT2D eigenvalue weighted by Crippen LogP contribution is 2.18. The Labute approximate surface area is 121 Å². The molecule has 1 aromatic rings. The number of carbonyl (C=O) groups is 1. The highest BCUT2D eigenvalue weighted by atomic mass is 32.2. The lowest BCUT2D eigenvalue weighted by Gasteiger charge is -2.17. The Kier molecular flexibility index (Phi) is 5.68. The lowest BCUT2D eigenvalue weighted by molar-refractivity contribution is -0.116. The molecule has 0 aromatic heterocycles. The number of hydrogen-bond donors (Lipinski definition) is 2. The number of nitrogen functional groups attached to an aromatic ring is 1. The molecule has 0 bridgehead atoms. The Bertz CT molecular complexity index is 512. The van der Waals surface area contributed by atoms with E-state index in [-0.39, 0.29) is 22.8 Å². The quantitative estimate of drug-likeness (QED) is 0.821. The molecule has 0 saturated carbocycles. The van der Waals surface area contributed by atoms with Gasteiger partial charge < -0.3 is 11.1 Å². The van der Waals surface area contributed by atoms with Crippen molar-refractivity contribution >= 4 is 28.1 Å². The minimum Gasteiger partial charge on any atom is -0.399 e. The van der Waals surface area contributed by atoms with Crippen molar-refractivity contribution in [3.63, 3.8) is 0 Å². The zero-order valence-corrected chi connectivity index (χ0v) is 12.8. The van der Waals surface area contributed by atoms with E-state index < -0.39 is 16.6 Å². The molecule has 1 aromatic carbocycles. The van der Waals surface area contributed by atoms with Gasteiger partial charge in [-0.25, -0.2) is 4.39 Å². The Morgan fingerprint density at radius 2 is 2.05 bits per heavy atom. The molecule has 3 N–H and O–H groups in total. The molecule has 20 heavy (non-hydrogen) atoms. The number of anilines is 2.